The SMILES string of the molecule is Cc1c(CC=O)cccc1-c1ccccc1. The molecule has 16 heavy (non-hydrogen) atoms. The van der Waals surface area contributed by atoms with Crippen LogP contribution in [0.5, 0.6) is 0 Å². The highest BCUT2D eigenvalue weighted by atomic mass is 16.1. The van der Waals surface area contributed by atoms with Crippen LogP contribution in [0.25, 0.3) is 11.1 Å². The minimum atomic E-state index is 0.493. The van der Waals surface area contributed by atoms with Crippen LogP contribution >= 0.6 is 0 Å². The van der Waals surface area contributed by atoms with Gasteiger partial charge in [-0.3, -0.25) is 0 Å². The van der Waals surface area contributed by atoms with Crippen LogP contribution in [0.4, 0.5) is 0 Å². The van der Waals surface area contributed by atoms with E-state index in [1.807, 2.05) is 30.3 Å². The molecule has 0 spiro atoms. The Morgan fingerprint density at radius 1 is 1.00 bits per heavy atom. The van der Waals surface area contributed by atoms with Crippen molar-refractivity contribution in [2.75, 3.05) is 0 Å². The maximum atomic E-state index is 10.6. The second-order valence-corrected chi connectivity index (χ2v) is 3.83. The van der Waals surface area contributed by atoms with Gasteiger partial charge in [0, 0.05) is 6.42 Å². The van der Waals surface area contributed by atoms with Gasteiger partial charge in [0.05, 0.1) is 0 Å². The minimum absolute atomic E-state index is 0.493. The van der Waals surface area contributed by atoms with Crippen molar-refractivity contribution in [3.63, 3.8) is 0 Å². The van der Waals surface area contributed by atoms with E-state index < -0.39 is 0 Å². The molecule has 0 aliphatic carbocycles. The van der Waals surface area contributed by atoms with Crippen LogP contribution in [0, 0.1) is 6.92 Å². The molecule has 80 valence electrons. The Morgan fingerprint density at radius 2 is 1.75 bits per heavy atom. The number of carbonyl (C=O) groups is 1. The summed E-state index contributed by atoms with van der Waals surface area (Å²) in [5, 5.41) is 0. The molecule has 1 nitrogen and oxygen atoms in total. The predicted molar refractivity (Wildman–Crippen MR) is 66.4 cm³/mol. The standard InChI is InChI=1S/C15H14O/c1-12-13(10-11-16)8-5-9-15(12)14-6-3-2-4-7-14/h2-9,11H,10H2,1H3. The number of benzene rings is 2. The molecule has 0 N–H and O–H groups in total. The lowest BCUT2D eigenvalue weighted by atomic mass is 9.95. The molecule has 2 aromatic rings. The van der Waals surface area contributed by atoms with E-state index in [-0.39, 0.29) is 0 Å². The first-order valence-corrected chi connectivity index (χ1v) is 5.40. The predicted octanol–water partition coefficient (Wildman–Crippen LogP) is 3.40. The summed E-state index contributed by atoms with van der Waals surface area (Å²) in [5.74, 6) is 0. The largest absolute Gasteiger partial charge is 0.303 e. The Bertz CT molecular complexity index is 486. The highest BCUT2D eigenvalue weighted by molar-refractivity contribution is 5.70. The topological polar surface area (TPSA) is 17.1 Å². The van der Waals surface area contributed by atoms with Gasteiger partial charge in [0.2, 0.25) is 0 Å². The zero-order valence-corrected chi connectivity index (χ0v) is 9.31. The van der Waals surface area contributed by atoms with Crippen LogP contribution < -0.4 is 0 Å². The van der Waals surface area contributed by atoms with Crippen LogP contribution in [0.1, 0.15) is 11.1 Å². The maximum Gasteiger partial charge on any atom is 0.124 e. The molecule has 1 heteroatoms. The summed E-state index contributed by atoms with van der Waals surface area (Å²) >= 11 is 0. The van der Waals surface area contributed by atoms with Crippen molar-refractivity contribution in [3.8, 4) is 11.1 Å². The number of hydrogen-bond acceptors (Lipinski definition) is 1. The second kappa shape index (κ2) is 4.75. The summed E-state index contributed by atoms with van der Waals surface area (Å²) in [6.07, 6.45) is 1.45. The van der Waals surface area contributed by atoms with E-state index in [9.17, 15) is 4.79 Å². The summed E-state index contributed by atoms with van der Waals surface area (Å²) in [5.41, 5.74) is 4.71. The Labute approximate surface area is 95.7 Å². The van der Waals surface area contributed by atoms with E-state index in [1.165, 1.54) is 16.7 Å². The van der Waals surface area contributed by atoms with Gasteiger partial charge >= 0.3 is 0 Å². The average molecular weight is 210 g/mol. The smallest absolute Gasteiger partial charge is 0.124 e. The molecular formula is C15H14O. The number of hydrogen-bond donors (Lipinski definition) is 0. The van der Waals surface area contributed by atoms with Crippen molar-refractivity contribution < 1.29 is 4.79 Å². The third kappa shape index (κ3) is 2.03. The van der Waals surface area contributed by atoms with Crippen molar-refractivity contribution in [1.29, 1.82) is 0 Å². The number of aldehydes is 1. The first-order valence-electron chi connectivity index (χ1n) is 5.40. The first-order chi connectivity index (χ1) is 7.83. The third-order valence-corrected chi connectivity index (χ3v) is 2.83. The Balaban J connectivity index is 2.50. The average Bonchev–Trinajstić information content (AvgIpc) is 2.33. The Hall–Kier alpha value is -1.89. The number of rotatable bonds is 3. The molecular weight excluding hydrogens is 196 g/mol. The van der Waals surface area contributed by atoms with Gasteiger partial charge < -0.3 is 4.79 Å². The van der Waals surface area contributed by atoms with E-state index in [4.69, 9.17) is 0 Å². The van der Waals surface area contributed by atoms with Gasteiger partial charge in [-0.2, -0.15) is 0 Å². The lowest BCUT2D eigenvalue weighted by Gasteiger charge is -2.09. The highest BCUT2D eigenvalue weighted by Crippen LogP contribution is 2.25. The van der Waals surface area contributed by atoms with Crippen LogP contribution in [0.2, 0.25) is 0 Å². The highest BCUT2D eigenvalue weighted by Gasteiger charge is 2.04. The van der Waals surface area contributed by atoms with Crippen LogP contribution in [-0.2, 0) is 11.2 Å². The molecule has 0 bridgehead atoms. The van der Waals surface area contributed by atoms with E-state index >= 15 is 0 Å². The zero-order chi connectivity index (χ0) is 11.4. The molecule has 0 fully saturated rings. The molecule has 0 radical (unpaired) electrons. The van der Waals surface area contributed by atoms with Crippen LogP contribution in [0.15, 0.2) is 48.5 Å². The molecule has 0 unspecified atom stereocenters. The van der Waals surface area contributed by atoms with Gasteiger partial charge in [-0.25, -0.2) is 0 Å². The van der Waals surface area contributed by atoms with Crippen molar-refractivity contribution in [2.24, 2.45) is 0 Å². The maximum absolute atomic E-state index is 10.6. The molecule has 0 aromatic heterocycles. The third-order valence-electron chi connectivity index (χ3n) is 2.83. The zero-order valence-electron chi connectivity index (χ0n) is 9.31. The molecule has 0 aliphatic rings. The molecule has 2 rings (SSSR count). The monoisotopic (exact) mass is 210 g/mol. The summed E-state index contributed by atoms with van der Waals surface area (Å²) in [6.45, 7) is 2.07. The van der Waals surface area contributed by atoms with Gasteiger partial charge in [-0.15, -0.1) is 0 Å². The van der Waals surface area contributed by atoms with E-state index in [0.29, 0.717) is 6.42 Å². The first kappa shape index (κ1) is 10.6. The summed E-state index contributed by atoms with van der Waals surface area (Å²) in [6, 6.07) is 16.4. The van der Waals surface area contributed by atoms with E-state index in [1.54, 1.807) is 0 Å². The van der Waals surface area contributed by atoms with E-state index in [2.05, 4.69) is 25.1 Å². The molecule has 0 saturated heterocycles. The van der Waals surface area contributed by atoms with Gasteiger partial charge in [0.15, 0.2) is 0 Å². The molecule has 2 aromatic carbocycles. The summed E-state index contributed by atoms with van der Waals surface area (Å²) < 4.78 is 0. The fourth-order valence-electron chi connectivity index (χ4n) is 1.92. The Morgan fingerprint density at radius 3 is 2.44 bits per heavy atom. The summed E-state index contributed by atoms with van der Waals surface area (Å²) in [4.78, 5) is 10.6. The number of carbonyl (C=O) groups excluding carboxylic acids is 1. The minimum Gasteiger partial charge on any atom is -0.303 e. The van der Waals surface area contributed by atoms with Crippen LogP contribution in [0.3, 0.4) is 0 Å². The van der Waals surface area contributed by atoms with Crippen molar-refractivity contribution in [2.45, 2.75) is 13.3 Å². The molecule has 0 amide bonds. The van der Waals surface area contributed by atoms with Gasteiger partial charge in [-0.05, 0) is 29.2 Å². The molecule has 0 aliphatic heterocycles. The molecule has 0 saturated carbocycles. The van der Waals surface area contributed by atoms with Crippen LogP contribution in [-0.4, -0.2) is 6.29 Å². The molecule has 0 atom stereocenters. The van der Waals surface area contributed by atoms with Crippen molar-refractivity contribution in [3.05, 3.63) is 59.7 Å². The quantitative estimate of drug-likeness (QED) is 0.709. The normalized spacial score (nSPS) is 10.1. The van der Waals surface area contributed by atoms with E-state index in [0.717, 1.165) is 11.8 Å². The van der Waals surface area contributed by atoms with Gasteiger partial charge in [-0.1, -0.05) is 48.5 Å². The fourth-order valence-corrected chi connectivity index (χ4v) is 1.92. The second-order valence-electron chi connectivity index (χ2n) is 3.83. The van der Waals surface area contributed by atoms with Gasteiger partial charge in [0.25, 0.3) is 0 Å². The lowest BCUT2D eigenvalue weighted by molar-refractivity contribution is -0.107. The van der Waals surface area contributed by atoms with Crippen molar-refractivity contribution in [1.82, 2.24) is 0 Å². The summed E-state index contributed by atoms with van der Waals surface area (Å²) in [7, 11) is 0. The van der Waals surface area contributed by atoms with Gasteiger partial charge in [0.1, 0.15) is 6.29 Å². The fraction of sp³-hybridized carbons (Fsp3) is 0.133. The van der Waals surface area contributed by atoms with Crippen molar-refractivity contribution >= 4 is 6.29 Å². The lowest BCUT2D eigenvalue weighted by Crippen LogP contribution is -1.93. The Kier molecular flexibility index (Phi) is 3.16. The molecule has 0 heterocycles.